The molecule has 0 unspecified atom stereocenters. The van der Waals surface area contributed by atoms with Crippen LogP contribution in [0, 0.1) is 13.8 Å². The lowest BCUT2D eigenvalue weighted by molar-refractivity contribution is -0.138. The summed E-state index contributed by atoms with van der Waals surface area (Å²) >= 11 is 13.2. The van der Waals surface area contributed by atoms with Crippen LogP contribution < -0.4 is 29.6 Å². The molecule has 0 saturated carbocycles. The maximum Gasteiger partial charge on any atom is 0.305 e. The van der Waals surface area contributed by atoms with Gasteiger partial charge in [-0.15, -0.1) is 0 Å². The highest BCUT2D eigenvalue weighted by molar-refractivity contribution is 6.32. The second-order valence-electron chi connectivity index (χ2n) is 14.1. The van der Waals surface area contributed by atoms with Gasteiger partial charge in [0.1, 0.15) is 23.3 Å². The van der Waals surface area contributed by atoms with Gasteiger partial charge in [-0.25, -0.2) is 0 Å². The summed E-state index contributed by atoms with van der Waals surface area (Å²) in [7, 11) is 3.10. The van der Waals surface area contributed by atoms with Crippen molar-refractivity contribution in [1.29, 1.82) is 0 Å². The molecule has 4 rings (SSSR count). The van der Waals surface area contributed by atoms with Gasteiger partial charge in [-0.05, 0) is 94.0 Å². The predicted octanol–water partition coefficient (Wildman–Crippen LogP) is 8.47. The first kappa shape index (κ1) is 39.7. The Hall–Kier alpha value is -4.09. The average Bonchev–Trinajstić information content (AvgIpc) is 3.05. The van der Waals surface area contributed by atoms with E-state index in [4.69, 9.17) is 42.1 Å². The number of carboxylic acid groups (broad SMARTS) is 1. The second kappa shape index (κ2) is 17.0. The van der Waals surface area contributed by atoms with Crippen molar-refractivity contribution in [3.63, 3.8) is 0 Å². The van der Waals surface area contributed by atoms with Crippen LogP contribution >= 0.6 is 23.2 Å². The fourth-order valence-electron chi connectivity index (χ4n) is 5.49. The normalized spacial score (nSPS) is 11.7. The third-order valence-electron chi connectivity index (χ3n) is 8.42. The van der Waals surface area contributed by atoms with Gasteiger partial charge < -0.3 is 34.7 Å². The SMILES string of the molecule is COc1nc(OCc2cccc(-c3cccc(COc4nc(OC)c(CNC(C)(C)CC(=O)O)cc4Cl)c3C)c2C)c(Cl)cc1CNC(C)(C)C. The van der Waals surface area contributed by atoms with E-state index >= 15 is 0 Å². The molecule has 2 aromatic carbocycles. The lowest BCUT2D eigenvalue weighted by Crippen LogP contribution is -2.40. The molecule has 10 nitrogen and oxygen atoms in total. The number of rotatable bonds is 16. The van der Waals surface area contributed by atoms with Crippen molar-refractivity contribution in [1.82, 2.24) is 20.6 Å². The molecule has 12 heteroatoms. The summed E-state index contributed by atoms with van der Waals surface area (Å²) in [6.07, 6.45) is -0.0412. The van der Waals surface area contributed by atoms with Crippen LogP contribution in [0.5, 0.6) is 23.5 Å². The zero-order valence-corrected chi connectivity index (χ0v) is 32.3. The average molecular weight is 740 g/mol. The van der Waals surface area contributed by atoms with Crippen LogP contribution in [0.25, 0.3) is 11.1 Å². The number of carboxylic acids is 1. The summed E-state index contributed by atoms with van der Waals surface area (Å²) in [4.78, 5) is 20.3. The number of nitrogens with zero attached hydrogens (tertiary/aromatic N) is 2. The molecule has 0 aliphatic rings. The van der Waals surface area contributed by atoms with Crippen molar-refractivity contribution in [3.8, 4) is 34.6 Å². The second-order valence-corrected chi connectivity index (χ2v) is 14.9. The molecule has 2 heterocycles. The summed E-state index contributed by atoms with van der Waals surface area (Å²) in [5.74, 6) is 0.470. The van der Waals surface area contributed by atoms with E-state index in [1.807, 2.05) is 44.2 Å². The standard InChI is InChI=1S/C39H48Cl2N4O6/c1-23-25(21-50-36-31(40)16-27(34(44-36)48-8)19-42-38(3,4)5)12-10-14-29(23)30-15-11-13-26(24(30)2)22-51-37-32(41)17-28(35(45-37)49-9)20-43-39(6,7)18-33(46)47/h10-17,42-43H,18-22H2,1-9H3,(H,46,47). The minimum absolute atomic E-state index is 0.0412. The molecule has 0 amide bonds. The Balaban J connectivity index is 1.49. The highest BCUT2D eigenvalue weighted by Gasteiger charge is 2.23. The van der Waals surface area contributed by atoms with Crippen molar-refractivity contribution >= 4 is 29.2 Å². The van der Waals surface area contributed by atoms with E-state index in [0.29, 0.717) is 46.3 Å². The molecular formula is C39H48Cl2N4O6. The van der Waals surface area contributed by atoms with E-state index in [1.165, 1.54) is 7.11 Å². The Morgan fingerprint density at radius 2 is 1.14 bits per heavy atom. The van der Waals surface area contributed by atoms with Gasteiger partial charge in [-0.2, -0.15) is 9.97 Å². The van der Waals surface area contributed by atoms with Gasteiger partial charge in [0.25, 0.3) is 0 Å². The number of benzene rings is 2. The number of pyridine rings is 2. The molecule has 0 radical (unpaired) electrons. The van der Waals surface area contributed by atoms with E-state index in [-0.39, 0.29) is 31.1 Å². The molecule has 274 valence electrons. The van der Waals surface area contributed by atoms with Crippen LogP contribution in [0.4, 0.5) is 0 Å². The number of aromatic nitrogens is 2. The summed E-state index contributed by atoms with van der Waals surface area (Å²) < 4.78 is 23.3. The number of hydrogen-bond acceptors (Lipinski definition) is 9. The minimum Gasteiger partial charge on any atom is -0.481 e. The summed E-state index contributed by atoms with van der Waals surface area (Å²) in [6.45, 7) is 15.4. The van der Waals surface area contributed by atoms with E-state index in [1.54, 1.807) is 13.2 Å². The first-order valence-electron chi connectivity index (χ1n) is 16.6. The Bertz CT molecular complexity index is 1860. The summed E-state index contributed by atoms with van der Waals surface area (Å²) in [5, 5.41) is 16.6. The van der Waals surface area contributed by atoms with Crippen molar-refractivity contribution in [2.24, 2.45) is 0 Å². The maximum absolute atomic E-state index is 11.2. The maximum atomic E-state index is 11.2. The Kier molecular flexibility index (Phi) is 13.2. The minimum atomic E-state index is -0.887. The lowest BCUT2D eigenvalue weighted by Gasteiger charge is -2.25. The van der Waals surface area contributed by atoms with Crippen molar-refractivity contribution in [2.75, 3.05) is 14.2 Å². The van der Waals surface area contributed by atoms with Crippen LogP contribution in [0.2, 0.25) is 10.0 Å². The quantitative estimate of drug-likeness (QED) is 0.103. The van der Waals surface area contributed by atoms with Crippen molar-refractivity contribution < 1.29 is 28.8 Å². The molecule has 51 heavy (non-hydrogen) atoms. The molecule has 4 aromatic rings. The first-order chi connectivity index (χ1) is 24.0. The smallest absolute Gasteiger partial charge is 0.305 e. The molecule has 2 aromatic heterocycles. The number of ether oxygens (including phenoxy) is 4. The molecule has 0 bridgehead atoms. The lowest BCUT2D eigenvalue weighted by atomic mass is 9.92. The fraction of sp³-hybridized carbons (Fsp3) is 0.410. The van der Waals surface area contributed by atoms with Crippen LogP contribution in [0.15, 0.2) is 48.5 Å². The van der Waals surface area contributed by atoms with Crippen molar-refractivity contribution in [2.45, 2.75) is 92.3 Å². The van der Waals surface area contributed by atoms with Crippen LogP contribution in [0.3, 0.4) is 0 Å². The molecule has 0 spiro atoms. The molecule has 3 N–H and O–H groups in total. The van der Waals surface area contributed by atoms with Gasteiger partial charge in [0.15, 0.2) is 0 Å². The number of methoxy groups -OCH3 is 2. The zero-order chi connectivity index (χ0) is 37.5. The van der Waals surface area contributed by atoms with E-state index < -0.39 is 11.5 Å². The van der Waals surface area contributed by atoms with Crippen molar-refractivity contribution in [3.05, 3.63) is 92.0 Å². The number of hydrogen-bond donors (Lipinski definition) is 3. The van der Waals surface area contributed by atoms with Crippen LogP contribution in [-0.4, -0.2) is 46.3 Å². The van der Waals surface area contributed by atoms with Gasteiger partial charge in [0, 0.05) is 35.3 Å². The zero-order valence-electron chi connectivity index (χ0n) is 30.8. The third-order valence-corrected chi connectivity index (χ3v) is 8.96. The topological polar surface area (TPSA) is 124 Å². The molecule has 0 saturated heterocycles. The van der Waals surface area contributed by atoms with Gasteiger partial charge >= 0.3 is 5.97 Å². The number of aliphatic carboxylic acids is 1. The summed E-state index contributed by atoms with van der Waals surface area (Å²) in [5.41, 5.74) is 7.04. The van der Waals surface area contributed by atoms with Gasteiger partial charge in [-0.1, -0.05) is 59.6 Å². The Morgan fingerprint density at radius 1 is 0.706 bits per heavy atom. The van der Waals surface area contributed by atoms with E-state index in [9.17, 15) is 9.90 Å². The third kappa shape index (κ3) is 10.7. The molecule has 0 atom stereocenters. The monoisotopic (exact) mass is 738 g/mol. The van der Waals surface area contributed by atoms with Gasteiger partial charge in [0.2, 0.25) is 23.5 Å². The molecule has 0 aliphatic heterocycles. The van der Waals surface area contributed by atoms with E-state index in [2.05, 4.69) is 67.4 Å². The highest BCUT2D eigenvalue weighted by atomic mass is 35.5. The fourth-order valence-corrected chi connectivity index (χ4v) is 5.94. The van der Waals surface area contributed by atoms with Crippen LogP contribution in [0.1, 0.15) is 74.4 Å². The van der Waals surface area contributed by atoms with Crippen LogP contribution in [-0.2, 0) is 31.1 Å². The molecule has 0 aliphatic carbocycles. The first-order valence-corrected chi connectivity index (χ1v) is 17.4. The number of halogens is 2. The predicted molar refractivity (Wildman–Crippen MR) is 201 cm³/mol. The summed E-state index contributed by atoms with van der Waals surface area (Å²) in [6, 6.07) is 15.8. The van der Waals surface area contributed by atoms with Gasteiger partial charge in [0.05, 0.1) is 20.6 Å². The van der Waals surface area contributed by atoms with Gasteiger partial charge in [-0.3, -0.25) is 4.79 Å². The Morgan fingerprint density at radius 3 is 1.53 bits per heavy atom. The Labute approximate surface area is 310 Å². The highest BCUT2D eigenvalue weighted by Crippen LogP contribution is 2.34. The molecule has 0 fully saturated rings. The van der Waals surface area contributed by atoms with E-state index in [0.717, 1.165) is 38.9 Å². The number of nitrogens with one attached hydrogen (secondary N) is 2. The number of carbonyl (C=O) groups is 1. The largest absolute Gasteiger partial charge is 0.481 e. The molecular weight excluding hydrogens is 691 g/mol.